The third kappa shape index (κ3) is 4.63. The van der Waals surface area contributed by atoms with Crippen molar-refractivity contribution >= 4 is 27.4 Å². The standard InChI is InChI=1S/C13H11F7N2O5S/c14-11(15,12(16,17)18)13(19,20)28(26,27)8-3-1-7(2-4-8)21-22-9(23)5-6-10(24)25/h1-4,21H,5-6H2,(H,22,23)(H,24,25). The summed E-state index contributed by atoms with van der Waals surface area (Å²) in [4.78, 5) is 20.0. The van der Waals surface area contributed by atoms with Gasteiger partial charge in [-0.1, -0.05) is 0 Å². The largest absolute Gasteiger partial charge is 0.481 e. The van der Waals surface area contributed by atoms with Crippen molar-refractivity contribution in [1.29, 1.82) is 0 Å². The summed E-state index contributed by atoms with van der Waals surface area (Å²) in [5, 5.41) is 1.91. The molecule has 1 amide bonds. The molecule has 28 heavy (non-hydrogen) atoms. The van der Waals surface area contributed by atoms with Crippen LogP contribution in [0.15, 0.2) is 29.2 Å². The van der Waals surface area contributed by atoms with Gasteiger partial charge < -0.3 is 5.11 Å². The van der Waals surface area contributed by atoms with Crippen molar-refractivity contribution in [2.24, 2.45) is 0 Å². The maximum Gasteiger partial charge on any atom is 0.461 e. The minimum absolute atomic E-state index is 0.159. The van der Waals surface area contributed by atoms with Crippen LogP contribution in [0, 0.1) is 0 Å². The summed E-state index contributed by atoms with van der Waals surface area (Å²) < 4.78 is 113. The molecule has 0 aliphatic rings. The zero-order valence-corrected chi connectivity index (χ0v) is 14.2. The van der Waals surface area contributed by atoms with Gasteiger partial charge in [-0.3, -0.25) is 20.4 Å². The predicted molar refractivity (Wildman–Crippen MR) is 78.2 cm³/mol. The van der Waals surface area contributed by atoms with Gasteiger partial charge in [0.15, 0.2) is 0 Å². The number of benzene rings is 1. The smallest absolute Gasteiger partial charge is 0.461 e. The number of hydrogen-bond acceptors (Lipinski definition) is 5. The second kappa shape index (κ2) is 7.81. The molecule has 0 fully saturated rings. The molecule has 0 aromatic heterocycles. The van der Waals surface area contributed by atoms with E-state index in [1.807, 2.05) is 5.43 Å². The lowest BCUT2D eigenvalue weighted by Crippen LogP contribution is -2.55. The monoisotopic (exact) mass is 440 g/mol. The van der Waals surface area contributed by atoms with Gasteiger partial charge in [0.25, 0.3) is 0 Å². The van der Waals surface area contributed by atoms with Crippen molar-refractivity contribution in [1.82, 2.24) is 5.43 Å². The van der Waals surface area contributed by atoms with Gasteiger partial charge >= 0.3 is 23.3 Å². The SMILES string of the molecule is O=C(O)CCC(=O)NNc1ccc(S(=O)(=O)C(F)(F)C(F)(F)C(F)(F)F)cc1. The highest BCUT2D eigenvalue weighted by molar-refractivity contribution is 7.92. The molecule has 1 aromatic rings. The number of carboxylic acids is 1. The van der Waals surface area contributed by atoms with Gasteiger partial charge in [-0.15, -0.1) is 0 Å². The molecule has 0 aliphatic carbocycles. The van der Waals surface area contributed by atoms with Gasteiger partial charge in [0, 0.05) is 6.42 Å². The number of aliphatic carboxylic acids is 1. The van der Waals surface area contributed by atoms with E-state index in [1.165, 1.54) is 0 Å². The summed E-state index contributed by atoms with van der Waals surface area (Å²) in [7, 11) is -6.43. The number of alkyl halides is 7. The van der Waals surface area contributed by atoms with Gasteiger partial charge in [-0.05, 0) is 24.3 Å². The number of hydrazine groups is 1. The molecule has 0 unspecified atom stereocenters. The molecule has 3 N–H and O–H groups in total. The van der Waals surface area contributed by atoms with Gasteiger partial charge in [-0.2, -0.15) is 30.7 Å². The van der Waals surface area contributed by atoms with E-state index in [2.05, 4.69) is 5.43 Å². The van der Waals surface area contributed by atoms with Gasteiger partial charge in [0.2, 0.25) is 15.7 Å². The molecular weight excluding hydrogens is 429 g/mol. The van der Waals surface area contributed by atoms with Crippen molar-refractivity contribution < 1.29 is 53.8 Å². The van der Waals surface area contributed by atoms with Crippen molar-refractivity contribution in [3.05, 3.63) is 24.3 Å². The van der Waals surface area contributed by atoms with Crippen LogP contribution in [-0.2, 0) is 19.4 Å². The average molecular weight is 440 g/mol. The Morgan fingerprint density at radius 2 is 1.43 bits per heavy atom. The van der Waals surface area contributed by atoms with Crippen molar-refractivity contribution in [3.8, 4) is 0 Å². The van der Waals surface area contributed by atoms with Crippen LogP contribution in [-0.4, -0.2) is 42.8 Å². The fourth-order valence-electron chi connectivity index (χ4n) is 1.62. The number of halogens is 7. The summed E-state index contributed by atoms with van der Waals surface area (Å²) >= 11 is 0. The van der Waals surface area contributed by atoms with E-state index >= 15 is 0 Å². The van der Waals surface area contributed by atoms with E-state index in [9.17, 15) is 48.7 Å². The van der Waals surface area contributed by atoms with Crippen LogP contribution in [0.5, 0.6) is 0 Å². The number of carboxylic acid groups (broad SMARTS) is 1. The maximum atomic E-state index is 13.5. The Kier molecular flexibility index (Phi) is 6.54. The van der Waals surface area contributed by atoms with E-state index in [0.29, 0.717) is 24.3 Å². The molecule has 7 nitrogen and oxygen atoms in total. The van der Waals surface area contributed by atoms with Crippen molar-refractivity contribution in [3.63, 3.8) is 0 Å². The van der Waals surface area contributed by atoms with Crippen LogP contribution in [0.3, 0.4) is 0 Å². The molecule has 0 heterocycles. The van der Waals surface area contributed by atoms with E-state index < -0.39 is 56.8 Å². The summed E-state index contributed by atoms with van der Waals surface area (Å²) in [5.41, 5.74) is 3.95. The Labute approximate surface area is 152 Å². The van der Waals surface area contributed by atoms with E-state index in [0.717, 1.165) is 0 Å². The number of carbonyl (C=O) groups excluding carboxylic acids is 1. The number of nitrogens with one attached hydrogen (secondary N) is 2. The normalized spacial score (nSPS) is 13.1. The number of anilines is 1. The fourth-order valence-corrected chi connectivity index (χ4v) is 2.87. The lowest BCUT2D eigenvalue weighted by molar-refractivity contribution is -0.332. The summed E-state index contributed by atoms with van der Waals surface area (Å²) in [6.07, 6.45) is -7.76. The minimum atomic E-state index is -6.84. The minimum Gasteiger partial charge on any atom is -0.481 e. The van der Waals surface area contributed by atoms with Gasteiger partial charge in [0.1, 0.15) is 0 Å². The predicted octanol–water partition coefficient (Wildman–Crippen LogP) is 2.56. The van der Waals surface area contributed by atoms with Crippen LogP contribution < -0.4 is 10.9 Å². The first kappa shape index (κ1) is 23.5. The van der Waals surface area contributed by atoms with E-state index in [4.69, 9.17) is 5.11 Å². The second-order valence-corrected chi connectivity index (χ2v) is 7.17. The molecule has 0 spiro atoms. The molecule has 1 rings (SSSR count). The quantitative estimate of drug-likeness (QED) is 0.423. The summed E-state index contributed by atoms with van der Waals surface area (Å²) in [6, 6.07) is 2.04. The van der Waals surface area contributed by atoms with Crippen molar-refractivity contribution in [2.45, 2.75) is 35.1 Å². The average Bonchev–Trinajstić information content (AvgIpc) is 2.57. The number of sulfone groups is 1. The second-order valence-electron chi connectivity index (χ2n) is 5.18. The van der Waals surface area contributed by atoms with Crippen LogP contribution in [0.4, 0.5) is 36.4 Å². The van der Waals surface area contributed by atoms with Crippen LogP contribution >= 0.6 is 0 Å². The van der Waals surface area contributed by atoms with Gasteiger partial charge in [-0.25, -0.2) is 8.42 Å². The summed E-state index contributed by atoms with van der Waals surface area (Å²) in [5.74, 6) is -8.91. The molecule has 1 aromatic carbocycles. The number of hydrogen-bond donors (Lipinski definition) is 3. The van der Waals surface area contributed by atoms with Crippen LogP contribution in [0.25, 0.3) is 0 Å². The molecule has 158 valence electrons. The number of carbonyl (C=O) groups is 2. The highest BCUT2D eigenvalue weighted by Crippen LogP contribution is 2.50. The zero-order valence-electron chi connectivity index (χ0n) is 13.4. The fraction of sp³-hybridized carbons (Fsp3) is 0.385. The topological polar surface area (TPSA) is 113 Å². The molecule has 0 saturated carbocycles. The maximum absolute atomic E-state index is 13.5. The first-order chi connectivity index (χ1) is 12.5. The Hall–Kier alpha value is -2.58. The van der Waals surface area contributed by atoms with Crippen LogP contribution in [0.2, 0.25) is 0 Å². The third-order valence-electron chi connectivity index (χ3n) is 3.14. The van der Waals surface area contributed by atoms with Crippen molar-refractivity contribution in [2.75, 3.05) is 5.43 Å². The Morgan fingerprint density at radius 3 is 1.86 bits per heavy atom. The van der Waals surface area contributed by atoms with Crippen LogP contribution in [0.1, 0.15) is 12.8 Å². The summed E-state index contributed by atoms with van der Waals surface area (Å²) in [6.45, 7) is 0. The molecule has 0 bridgehead atoms. The van der Waals surface area contributed by atoms with E-state index in [1.54, 1.807) is 0 Å². The van der Waals surface area contributed by atoms with E-state index in [-0.39, 0.29) is 5.69 Å². The molecule has 0 atom stereocenters. The Bertz CT molecular complexity index is 838. The number of rotatable bonds is 8. The molecule has 0 aliphatic heterocycles. The molecule has 0 radical (unpaired) electrons. The van der Waals surface area contributed by atoms with Gasteiger partial charge in [0.05, 0.1) is 17.0 Å². The number of amides is 1. The lowest BCUT2D eigenvalue weighted by atomic mass is 10.3. The Balaban J connectivity index is 2.98. The first-order valence-corrected chi connectivity index (χ1v) is 8.46. The lowest BCUT2D eigenvalue weighted by Gasteiger charge is -2.27. The zero-order chi connectivity index (χ0) is 22.0. The molecular formula is C13H11F7N2O5S. The molecule has 15 heteroatoms. The Morgan fingerprint density at radius 1 is 0.929 bits per heavy atom. The first-order valence-electron chi connectivity index (χ1n) is 6.97. The highest BCUT2D eigenvalue weighted by atomic mass is 32.2. The molecule has 0 saturated heterocycles. The highest BCUT2D eigenvalue weighted by Gasteiger charge is 2.78. The third-order valence-corrected chi connectivity index (χ3v) is 4.96.